The molecule has 0 saturated carbocycles. The minimum Gasteiger partial charge on any atom is -0.464 e. The number of ketones is 2. The van der Waals surface area contributed by atoms with Crippen LogP contribution in [-0.4, -0.2) is 101 Å². The van der Waals surface area contributed by atoms with Crippen molar-refractivity contribution in [2.75, 3.05) is 31.6 Å². The first kappa shape index (κ1) is 70.7. The third kappa shape index (κ3) is 12.4. The van der Waals surface area contributed by atoms with Gasteiger partial charge in [0.2, 0.25) is 0 Å². The quantitative estimate of drug-likeness (QED) is 0.0557. The average Bonchev–Trinajstić information content (AvgIpc) is 1.44. The van der Waals surface area contributed by atoms with Crippen molar-refractivity contribution in [2.24, 2.45) is 0 Å². The first-order chi connectivity index (χ1) is 47.5. The fourth-order valence-corrected chi connectivity index (χ4v) is 17.4. The number of hydrogen-bond acceptors (Lipinski definition) is 16. The minimum absolute atomic E-state index is 0.114. The zero-order chi connectivity index (χ0) is 72.0. The lowest BCUT2D eigenvalue weighted by atomic mass is 9.59. The summed E-state index contributed by atoms with van der Waals surface area (Å²) in [6.07, 6.45) is -2.63. The Balaban J connectivity index is 0.000000202. The number of anilines is 4. The fraction of sp³-hybridized carbons (Fsp3) is 0.282. The summed E-state index contributed by atoms with van der Waals surface area (Å²) in [6.45, 7) is 16.5. The van der Waals surface area contributed by atoms with E-state index in [9.17, 15) is 45.6 Å². The number of carbonyl (C=O) groups excluding carboxylic acids is 8. The Bertz CT molecular complexity index is 4480. The van der Waals surface area contributed by atoms with E-state index in [-0.39, 0.29) is 81.3 Å². The summed E-state index contributed by atoms with van der Waals surface area (Å²) in [5.74, 6) is -6.79. The third-order valence-corrected chi connectivity index (χ3v) is 21.7. The van der Waals surface area contributed by atoms with Crippen LogP contribution >= 0.6 is 0 Å². The zero-order valence-corrected chi connectivity index (χ0v) is 58.5. The van der Waals surface area contributed by atoms with Gasteiger partial charge in [0.05, 0.1) is 45.8 Å². The van der Waals surface area contributed by atoms with Gasteiger partial charge in [0.15, 0.2) is 23.7 Å². The molecule has 8 aromatic carbocycles. The molecule has 0 radical (unpaired) electrons. The van der Waals surface area contributed by atoms with E-state index >= 15 is 9.59 Å². The summed E-state index contributed by atoms with van der Waals surface area (Å²) < 4.78 is 84.3. The molecule has 0 aliphatic carbocycles. The molecule has 516 valence electrons. The van der Waals surface area contributed by atoms with Crippen LogP contribution in [0.3, 0.4) is 0 Å². The van der Waals surface area contributed by atoms with Crippen molar-refractivity contribution in [3.8, 4) is 0 Å². The van der Waals surface area contributed by atoms with Crippen molar-refractivity contribution in [2.45, 2.75) is 138 Å². The second kappa shape index (κ2) is 27.3. The molecular formula is C78H76N4O16S2. The van der Waals surface area contributed by atoms with E-state index in [1.807, 2.05) is 13.8 Å². The monoisotopic (exact) mass is 1390 g/mol. The molecule has 8 aromatic rings. The molecule has 100 heavy (non-hydrogen) atoms. The van der Waals surface area contributed by atoms with Crippen molar-refractivity contribution in [3.63, 3.8) is 0 Å². The van der Waals surface area contributed by atoms with E-state index in [0.29, 0.717) is 22.3 Å². The van der Waals surface area contributed by atoms with E-state index in [1.165, 1.54) is 24.3 Å². The zero-order valence-electron chi connectivity index (χ0n) is 56.9. The Morgan fingerprint density at radius 3 is 1.03 bits per heavy atom. The first-order valence-corrected chi connectivity index (χ1v) is 35.6. The molecule has 0 aromatic heterocycles. The molecule has 0 bridgehead atoms. The van der Waals surface area contributed by atoms with Gasteiger partial charge >= 0.3 is 24.1 Å². The molecule has 6 atom stereocenters. The van der Waals surface area contributed by atoms with Gasteiger partial charge in [-0.1, -0.05) is 169 Å². The molecule has 0 N–H and O–H groups in total. The van der Waals surface area contributed by atoms with Gasteiger partial charge in [-0.05, 0) is 140 Å². The summed E-state index contributed by atoms with van der Waals surface area (Å²) in [5, 5.41) is 0. The van der Waals surface area contributed by atoms with Crippen LogP contribution in [0.4, 0.5) is 32.3 Å². The maximum absolute atomic E-state index is 15.5. The van der Waals surface area contributed by atoms with Crippen molar-refractivity contribution >= 4 is 90.3 Å². The van der Waals surface area contributed by atoms with Crippen LogP contribution in [0.2, 0.25) is 0 Å². The van der Waals surface area contributed by atoms with Crippen LogP contribution in [0.1, 0.15) is 134 Å². The number of rotatable bonds is 14. The second-order valence-corrected chi connectivity index (χ2v) is 30.4. The molecule has 0 fully saturated rings. The topological polar surface area (TPSA) is 255 Å². The van der Waals surface area contributed by atoms with Gasteiger partial charge in [0.1, 0.15) is 22.0 Å². The predicted octanol–water partition coefficient (Wildman–Crippen LogP) is 13.4. The Morgan fingerprint density at radius 1 is 0.410 bits per heavy atom. The number of benzene rings is 8. The molecule has 4 amide bonds. The van der Waals surface area contributed by atoms with E-state index in [4.69, 9.17) is 18.9 Å². The number of Topliss-reactive ketones (excluding diaryl/α,β-unsaturated/α-hetero) is 2. The smallest absolute Gasteiger partial charge is 0.421 e. The summed E-state index contributed by atoms with van der Waals surface area (Å²) in [6, 6.07) is 51.4. The van der Waals surface area contributed by atoms with E-state index in [0.717, 1.165) is 29.5 Å². The maximum atomic E-state index is 15.5. The molecule has 0 saturated heterocycles. The number of nitrogens with zero attached hydrogens (tertiary/aromatic N) is 4. The number of para-hydroxylation sites is 4. The molecule has 2 spiro atoms. The molecule has 22 heteroatoms. The van der Waals surface area contributed by atoms with Gasteiger partial charge in [-0.3, -0.25) is 27.8 Å². The number of ether oxygens (including phenoxy) is 4. The van der Waals surface area contributed by atoms with Crippen molar-refractivity contribution in [3.05, 3.63) is 251 Å². The predicted molar refractivity (Wildman–Crippen MR) is 375 cm³/mol. The van der Waals surface area contributed by atoms with E-state index < -0.39 is 102 Å². The van der Waals surface area contributed by atoms with Gasteiger partial charge in [0, 0.05) is 35.8 Å². The van der Waals surface area contributed by atoms with Gasteiger partial charge < -0.3 is 18.9 Å². The number of amides is 4. The first-order valence-electron chi connectivity index (χ1n) is 32.7. The average molecular weight is 1390 g/mol. The van der Waals surface area contributed by atoms with Crippen molar-refractivity contribution < 1.29 is 74.1 Å². The Hall–Kier alpha value is -10.6. The largest absolute Gasteiger partial charge is 0.464 e. The number of fused-ring (bicyclic) bond motifs is 6. The number of aryl methyl sites for hydroxylation is 2. The molecule has 12 rings (SSSR count). The van der Waals surface area contributed by atoms with Crippen LogP contribution in [-0.2, 0) is 69.0 Å². The number of hydrogen-bond donors (Lipinski definition) is 0. The molecule has 4 aliphatic rings. The standard InChI is InChI=1S/2C39H38N2O8S/c2*1-6-48-35(43)34-39(29-17-11-13-19-32(29)40(36(39)44)37(45)49-38(3,4)5)30(24-33(42)26-14-8-7-9-15-26)28-16-10-12-18-31(28)41(34)50(46,47)27-22-20-25(2)21-23-27/h2*7-23,30,34H,6,24H2,1-5H3/t2*30-,34-,39+/m11/s1. The highest BCUT2D eigenvalue weighted by molar-refractivity contribution is 7.93. The van der Waals surface area contributed by atoms with Crippen LogP contribution in [0, 0.1) is 13.8 Å². The van der Waals surface area contributed by atoms with E-state index in [2.05, 4.69) is 0 Å². The third-order valence-electron chi connectivity index (χ3n) is 18.1. The lowest BCUT2D eigenvalue weighted by Crippen LogP contribution is -2.66. The fourth-order valence-electron chi connectivity index (χ4n) is 14.1. The SMILES string of the molecule is CCOC(=O)[C@H]1N(S(=O)(=O)c2ccc(C)cc2)c2ccccc2[C@@H](CC(=O)c2ccccc2)[C@]12C(=O)N(C(=O)OC(C)(C)C)c1ccccc12.CCOC(=O)[C@H]1N(S(=O)(=O)c2ccc(C)cc2)c2ccccc2[C@@H](CC(=O)c2ccccc2)[C@]12C(=O)N(C(=O)OC(C)(C)C)c1ccccc12. The molecule has 20 nitrogen and oxygen atoms in total. The minimum atomic E-state index is -4.60. The number of esters is 2. The lowest BCUT2D eigenvalue weighted by molar-refractivity contribution is -0.149. The Labute approximate surface area is 581 Å². The summed E-state index contributed by atoms with van der Waals surface area (Å²) >= 11 is 0. The summed E-state index contributed by atoms with van der Waals surface area (Å²) in [5.41, 5.74) is -2.45. The second-order valence-electron chi connectivity index (χ2n) is 26.8. The highest BCUT2D eigenvalue weighted by Gasteiger charge is 2.72. The maximum Gasteiger partial charge on any atom is 0.421 e. The summed E-state index contributed by atoms with van der Waals surface area (Å²) in [4.78, 5) is 118. The van der Waals surface area contributed by atoms with E-state index in [1.54, 1.807) is 237 Å². The normalized spacial score (nSPS) is 19.9. The Morgan fingerprint density at radius 2 is 0.710 bits per heavy atom. The number of imide groups is 2. The molecule has 4 aliphatic heterocycles. The van der Waals surface area contributed by atoms with Gasteiger partial charge in [0.25, 0.3) is 31.9 Å². The van der Waals surface area contributed by atoms with Crippen LogP contribution in [0.15, 0.2) is 216 Å². The Kier molecular flexibility index (Phi) is 19.3. The molecule has 0 unspecified atom stereocenters. The van der Waals surface area contributed by atoms with Crippen molar-refractivity contribution in [1.82, 2.24) is 0 Å². The lowest BCUT2D eigenvalue weighted by Gasteiger charge is -2.50. The molecular weight excluding hydrogens is 1310 g/mol. The van der Waals surface area contributed by atoms with Gasteiger partial charge in [-0.25, -0.2) is 45.8 Å². The highest BCUT2D eigenvalue weighted by atomic mass is 32.2. The van der Waals surface area contributed by atoms with Gasteiger partial charge in [-0.15, -0.1) is 0 Å². The number of sulfonamides is 2. The highest BCUT2D eigenvalue weighted by Crippen LogP contribution is 2.62. The van der Waals surface area contributed by atoms with Crippen molar-refractivity contribution in [1.29, 1.82) is 0 Å². The van der Waals surface area contributed by atoms with Crippen LogP contribution in [0.25, 0.3) is 0 Å². The van der Waals surface area contributed by atoms with Gasteiger partial charge in [-0.2, -0.15) is 0 Å². The van der Waals surface area contributed by atoms with Crippen LogP contribution < -0.4 is 18.4 Å². The summed E-state index contributed by atoms with van der Waals surface area (Å²) in [7, 11) is -9.21. The molecule has 4 heterocycles. The number of carbonyl (C=O) groups is 8. The van der Waals surface area contributed by atoms with Crippen LogP contribution in [0.5, 0.6) is 0 Å².